The Morgan fingerprint density at radius 2 is 0.696 bits per heavy atom. The normalized spacial score (nSPS) is 11.9. The smallest absolute Gasteiger partial charge is 0.338 e. The lowest BCUT2D eigenvalue weighted by molar-refractivity contribution is 0.0487. The standard InChI is InChI=1S/C42H34O4/c43-41(35-23-19-31-15-13-27-9-7-11-29-17-21-33(35)39(31)37(27)29)45-25-5-3-1-2-4-6-26-46-42(44)36-24-20-32-16-14-28-10-8-12-30-18-22-34(36)40(32)38(28)30/h7-24H,1-6,25-26H2. The highest BCUT2D eigenvalue weighted by Gasteiger charge is 2.17. The van der Waals surface area contributed by atoms with Gasteiger partial charge in [0.05, 0.1) is 24.3 Å². The molecule has 0 aliphatic carbocycles. The zero-order chi connectivity index (χ0) is 31.0. The predicted octanol–water partition coefficient (Wildman–Crippen LogP) is 10.8. The zero-order valence-corrected chi connectivity index (χ0v) is 25.7. The van der Waals surface area contributed by atoms with Gasteiger partial charge in [-0.15, -0.1) is 0 Å². The van der Waals surface area contributed by atoms with E-state index in [1.165, 1.54) is 32.3 Å². The van der Waals surface area contributed by atoms with Gasteiger partial charge in [-0.05, 0) is 89.6 Å². The molecule has 0 N–H and O–H groups in total. The van der Waals surface area contributed by atoms with Crippen molar-refractivity contribution >= 4 is 76.6 Å². The van der Waals surface area contributed by atoms with E-state index in [-0.39, 0.29) is 11.9 Å². The van der Waals surface area contributed by atoms with Crippen LogP contribution in [-0.4, -0.2) is 25.2 Å². The van der Waals surface area contributed by atoms with Crippen molar-refractivity contribution in [2.75, 3.05) is 13.2 Å². The van der Waals surface area contributed by atoms with Crippen LogP contribution >= 0.6 is 0 Å². The summed E-state index contributed by atoms with van der Waals surface area (Å²) in [4.78, 5) is 26.1. The van der Waals surface area contributed by atoms with Gasteiger partial charge in [0.15, 0.2) is 0 Å². The quantitative estimate of drug-likeness (QED) is 0.0839. The minimum Gasteiger partial charge on any atom is -0.462 e. The van der Waals surface area contributed by atoms with E-state index < -0.39 is 0 Å². The zero-order valence-electron chi connectivity index (χ0n) is 25.7. The second-order valence-electron chi connectivity index (χ2n) is 12.3. The summed E-state index contributed by atoms with van der Waals surface area (Å²) in [6, 6.07) is 37.2. The highest BCUT2D eigenvalue weighted by atomic mass is 16.5. The van der Waals surface area contributed by atoms with Crippen LogP contribution in [-0.2, 0) is 9.47 Å². The molecule has 0 radical (unpaired) electrons. The number of ether oxygens (including phenoxy) is 2. The molecule has 4 heteroatoms. The van der Waals surface area contributed by atoms with Crippen molar-refractivity contribution < 1.29 is 19.1 Å². The summed E-state index contributed by atoms with van der Waals surface area (Å²) in [5.41, 5.74) is 1.25. The molecule has 8 aromatic rings. The van der Waals surface area contributed by atoms with Crippen LogP contribution in [0.5, 0.6) is 0 Å². The van der Waals surface area contributed by atoms with E-state index in [9.17, 15) is 9.59 Å². The molecule has 0 aliphatic rings. The van der Waals surface area contributed by atoms with E-state index >= 15 is 0 Å². The summed E-state index contributed by atoms with van der Waals surface area (Å²) < 4.78 is 11.4. The molecule has 0 heterocycles. The van der Waals surface area contributed by atoms with Gasteiger partial charge in [-0.1, -0.05) is 123 Å². The lowest BCUT2D eigenvalue weighted by atomic mass is 9.92. The third-order valence-electron chi connectivity index (χ3n) is 9.50. The van der Waals surface area contributed by atoms with E-state index in [2.05, 4.69) is 72.8 Å². The van der Waals surface area contributed by atoms with Crippen LogP contribution < -0.4 is 0 Å². The lowest BCUT2D eigenvalue weighted by Crippen LogP contribution is -2.08. The average Bonchev–Trinajstić information content (AvgIpc) is 3.10. The maximum absolute atomic E-state index is 13.1. The molecule has 8 rings (SSSR count). The minimum absolute atomic E-state index is 0.260. The number of esters is 2. The molecule has 0 aromatic heterocycles. The number of carbonyl (C=O) groups is 2. The summed E-state index contributed by atoms with van der Waals surface area (Å²) in [5.74, 6) is -0.520. The second kappa shape index (κ2) is 11.9. The maximum Gasteiger partial charge on any atom is 0.338 e. The monoisotopic (exact) mass is 602 g/mol. The number of hydrogen-bond donors (Lipinski definition) is 0. The van der Waals surface area contributed by atoms with Crippen molar-refractivity contribution in [1.82, 2.24) is 0 Å². The van der Waals surface area contributed by atoms with Gasteiger partial charge in [-0.2, -0.15) is 0 Å². The largest absolute Gasteiger partial charge is 0.462 e. The van der Waals surface area contributed by atoms with Gasteiger partial charge in [0, 0.05) is 0 Å². The Kier molecular flexibility index (Phi) is 7.34. The van der Waals surface area contributed by atoms with Crippen molar-refractivity contribution in [3.63, 3.8) is 0 Å². The lowest BCUT2D eigenvalue weighted by Gasteiger charge is -2.13. The third kappa shape index (κ3) is 4.95. The Hall–Kier alpha value is -5.22. The molecule has 0 unspecified atom stereocenters. The molecule has 0 bridgehead atoms. The molecule has 0 spiro atoms. The highest BCUT2D eigenvalue weighted by molar-refractivity contribution is 6.27. The molecular weight excluding hydrogens is 568 g/mol. The van der Waals surface area contributed by atoms with Gasteiger partial charge >= 0.3 is 11.9 Å². The molecule has 0 aliphatic heterocycles. The molecular formula is C42H34O4. The first-order chi connectivity index (χ1) is 22.7. The molecule has 0 fully saturated rings. The molecule has 46 heavy (non-hydrogen) atoms. The first kappa shape index (κ1) is 28.3. The molecule has 0 saturated heterocycles. The van der Waals surface area contributed by atoms with Crippen LogP contribution in [0.15, 0.2) is 109 Å². The number of benzene rings is 8. The Morgan fingerprint density at radius 3 is 1.11 bits per heavy atom. The summed E-state index contributed by atoms with van der Waals surface area (Å²) >= 11 is 0. The van der Waals surface area contributed by atoms with E-state index in [0.717, 1.165) is 70.8 Å². The molecule has 8 aromatic carbocycles. The van der Waals surface area contributed by atoms with Crippen LogP contribution in [0.25, 0.3) is 64.6 Å². The highest BCUT2D eigenvalue weighted by Crippen LogP contribution is 2.37. The first-order valence-electron chi connectivity index (χ1n) is 16.3. The number of hydrogen-bond acceptors (Lipinski definition) is 4. The Labute approximate surface area is 267 Å². The van der Waals surface area contributed by atoms with Crippen LogP contribution in [0.2, 0.25) is 0 Å². The van der Waals surface area contributed by atoms with Crippen molar-refractivity contribution in [3.05, 3.63) is 120 Å². The summed E-state index contributed by atoms with van der Waals surface area (Å²) in [5, 5.41) is 13.6. The van der Waals surface area contributed by atoms with E-state index in [4.69, 9.17) is 9.47 Å². The van der Waals surface area contributed by atoms with Gasteiger partial charge in [-0.3, -0.25) is 0 Å². The van der Waals surface area contributed by atoms with Crippen LogP contribution in [0.4, 0.5) is 0 Å². The van der Waals surface area contributed by atoms with E-state index in [1.54, 1.807) is 0 Å². The van der Waals surface area contributed by atoms with Gasteiger partial charge in [0.1, 0.15) is 0 Å². The fourth-order valence-corrected chi connectivity index (χ4v) is 7.22. The third-order valence-corrected chi connectivity index (χ3v) is 9.50. The fraction of sp³-hybridized carbons (Fsp3) is 0.190. The van der Waals surface area contributed by atoms with Crippen molar-refractivity contribution in [1.29, 1.82) is 0 Å². The SMILES string of the molecule is O=C(OCCCCCCCCOC(=O)c1ccc2ccc3cccc4ccc1c2c34)c1ccc2ccc3cccc4ccc1c2c34. The summed E-state index contributed by atoms with van der Waals surface area (Å²) in [6.45, 7) is 0.829. The van der Waals surface area contributed by atoms with Gasteiger partial charge in [0.2, 0.25) is 0 Å². The topological polar surface area (TPSA) is 52.6 Å². The first-order valence-corrected chi connectivity index (χ1v) is 16.3. The number of carbonyl (C=O) groups excluding carboxylic acids is 2. The van der Waals surface area contributed by atoms with Gasteiger partial charge in [-0.25, -0.2) is 9.59 Å². The van der Waals surface area contributed by atoms with E-state index in [0.29, 0.717) is 24.3 Å². The molecule has 0 atom stereocenters. The summed E-state index contributed by atoms with van der Waals surface area (Å²) in [7, 11) is 0. The van der Waals surface area contributed by atoms with Crippen LogP contribution in [0.3, 0.4) is 0 Å². The van der Waals surface area contributed by atoms with Crippen molar-refractivity contribution in [2.24, 2.45) is 0 Å². The van der Waals surface area contributed by atoms with Crippen molar-refractivity contribution in [2.45, 2.75) is 38.5 Å². The molecule has 0 amide bonds. The van der Waals surface area contributed by atoms with E-state index in [1.807, 2.05) is 36.4 Å². The Morgan fingerprint density at radius 1 is 0.370 bits per heavy atom. The summed E-state index contributed by atoms with van der Waals surface area (Å²) in [6.07, 6.45) is 5.77. The predicted molar refractivity (Wildman–Crippen MR) is 189 cm³/mol. The van der Waals surface area contributed by atoms with Crippen LogP contribution in [0, 0.1) is 0 Å². The minimum atomic E-state index is -0.260. The van der Waals surface area contributed by atoms with Crippen LogP contribution in [0.1, 0.15) is 59.2 Å². The van der Waals surface area contributed by atoms with Gasteiger partial charge in [0.25, 0.3) is 0 Å². The molecule has 0 saturated carbocycles. The number of unbranched alkanes of at least 4 members (excludes halogenated alkanes) is 5. The average molecular weight is 603 g/mol. The molecule has 4 nitrogen and oxygen atoms in total. The van der Waals surface area contributed by atoms with Crippen molar-refractivity contribution in [3.8, 4) is 0 Å². The number of rotatable bonds is 11. The van der Waals surface area contributed by atoms with Gasteiger partial charge < -0.3 is 9.47 Å². The fourth-order valence-electron chi connectivity index (χ4n) is 7.22. The second-order valence-corrected chi connectivity index (χ2v) is 12.3. The Bertz CT molecular complexity index is 2170. The molecule has 226 valence electrons. The Balaban J connectivity index is 0.790. The maximum atomic E-state index is 13.1.